The Hall–Kier alpha value is -3.52. The van der Waals surface area contributed by atoms with E-state index in [-0.39, 0.29) is 19.3 Å². The number of carbonyl (C=O) groups excluding carboxylic acids is 4. The van der Waals surface area contributed by atoms with E-state index in [0.717, 1.165) is 0 Å². The highest BCUT2D eigenvalue weighted by molar-refractivity contribution is 5.88. The third-order valence-electron chi connectivity index (χ3n) is 14.8. The largest absolute Gasteiger partial charge is 0.472 e. The van der Waals surface area contributed by atoms with Crippen LogP contribution in [0.25, 0.3) is 0 Å². The van der Waals surface area contributed by atoms with Gasteiger partial charge in [-0.2, -0.15) is 0 Å². The number of ether oxygens (including phenoxy) is 7. The van der Waals surface area contributed by atoms with Crippen LogP contribution >= 0.6 is 0 Å². The van der Waals surface area contributed by atoms with Crippen LogP contribution in [0.1, 0.15) is 99.2 Å². The predicted octanol–water partition coefficient (Wildman–Crippen LogP) is 4.76. The van der Waals surface area contributed by atoms with E-state index in [2.05, 4.69) is 0 Å². The smallest absolute Gasteiger partial charge is 0.333 e. The summed E-state index contributed by atoms with van der Waals surface area (Å²) in [5.41, 5.74) is -9.45. The molecule has 1 aromatic heterocycles. The van der Waals surface area contributed by atoms with E-state index >= 15 is 0 Å². The summed E-state index contributed by atoms with van der Waals surface area (Å²) >= 11 is 0. The van der Waals surface area contributed by atoms with Gasteiger partial charge in [0, 0.05) is 52.7 Å². The summed E-state index contributed by atoms with van der Waals surface area (Å²) < 4.78 is 51.5. The summed E-state index contributed by atoms with van der Waals surface area (Å²) in [6.07, 6.45) is 3.57. The molecule has 3 aliphatic heterocycles. The topological polar surface area (TPSA) is 166 Å². The van der Waals surface area contributed by atoms with Crippen LogP contribution in [0.15, 0.2) is 46.3 Å². The molecule has 1 N–H and O–H groups in total. The van der Waals surface area contributed by atoms with Gasteiger partial charge in [-0.25, -0.2) is 9.59 Å². The minimum absolute atomic E-state index is 0.0361. The van der Waals surface area contributed by atoms with Crippen LogP contribution in [-0.2, 0) is 52.3 Å². The van der Waals surface area contributed by atoms with Crippen molar-refractivity contribution in [2.75, 3.05) is 7.11 Å². The molecule has 13 atom stereocenters. The van der Waals surface area contributed by atoms with Crippen molar-refractivity contribution in [1.82, 2.24) is 0 Å². The van der Waals surface area contributed by atoms with Crippen LogP contribution in [0, 0.1) is 28.1 Å². The molecule has 1 aromatic rings. The monoisotopic (exact) mass is 724 g/mol. The van der Waals surface area contributed by atoms with Gasteiger partial charge in [0.15, 0.2) is 11.7 Å². The third kappa shape index (κ3) is 3.55. The average molecular weight is 725 g/mol. The van der Waals surface area contributed by atoms with Crippen molar-refractivity contribution >= 4 is 23.9 Å². The number of methoxy groups -OCH3 is 1. The number of hydrogen-bond acceptors (Lipinski definition) is 13. The molecule has 1 spiro atoms. The van der Waals surface area contributed by atoms with Gasteiger partial charge in [0.25, 0.3) is 5.97 Å². The van der Waals surface area contributed by atoms with E-state index in [4.69, 9.17) is 37.6 Å². The van der Waals surface area contributed by atoms with Crippen molar-refractivity contribution < 1.29 is 61.9 Å². The maximum Gasteiger partial charge on any atom is 0.333 e. The lowest BCUT2D eigenvalue weighted by atomic mass is 9.34. The molecule has 8 rings (SSSR count). The normalized spacial score (nSPS) is 48.3. The Morgan fingerprint density at radius 2 is 1.87 bits per heavy atom. The van der Waals surface area contributed by atoms with Crippen molar-refractivity contribution in [1.29, 1.82) is 0 Å². The fourth-order valence-corrected chi connectivity index (χ4v) is 12.3. The molecule has 2 saturated heterocycles. The number of esters is 4. The maximum absolute atomic E-state index is 13.9. The number of hydrogen-bond donors (Lipinski definition) is 1. The van der Waals surface area contributed by atoms with E-state index in [0.29, 0.717) is 29.6 Å². The molecule has 0 aromatic carbocycles. The van der Waals surface area contributed by atoms with Gasteiger partial charge in [0.2, 0.25) is 5.60 Å². The van der Waals surface area contributed by atoms with E-state index in [9.17, 15) is 24.3 Å². The second-order valence-electron chi connectivity index (χ2n) is 16.7. The maximum atomic E-state index is 13.9. The van der Waals surface area contributed by atoms with Gasteiger partial charge in [-0.1, -0.05) is 40.7 Å². The highest BCUT2D eigenvalue weighted by Crippen LogP contribution is 2.88. The first-order valence-electron chi connectivity index (χ1n) is 18.2. The fraction of sp³-hybridized carbons (Fsp3) is 0.692. The standard InChI is InChI=1S/C39H48O13/c1-10-20(3)29(43)48-30-33(7)19-35(44)34(8,24(33)16-26(41)45-9)36-14-13-32(6)25(17-27(42)47-28(32)23-12-15-46-18-23)37(36)31(38(30,35)49-22(5)40)50-39(51-36,52-37)21(4)11-2/h10,12,15,17-18,21,24,28,30-31,44H,11,13-14,16,19H2,1-9H3/t21-,24+,28+,30+,31+,32-,33-,34-,35-,36+,37-,38+,39+/m1/s1. The lowest BCUT2D eigenvalue weighted by Gasteiger charge is -2.75. The molecule has 4 heterocycles. The van der Waals surface area contributed by atoms with Gasteiger partial charge in [-0.15, -0.1) is 0 Å². The molecule has 6 fully saturated rings. The Morgan fingerprint density at radius 1 is 1.13 bits per heavy atom. The van der Waals surface area contributed by atoms with E-state index in [1.54, 1.807) is 26.0 Å². The predicted molar refractivity (Wildman–Crippen MR) is 177 cm³/mol. The molecular weight excluding hydrogens is 676 g/mol. The van der Waals surface area contributed by atoms with Crippen LogP contribution in [-0.4, -0.2) is 76.7 Å². The van der Waals surface area contributed by atoms with Gasteiger partial charge >= 0.3 is 23.9 Å². The summed E-state index contributed by atoms with van der Waals surface area (Å²) in [6, 6.07) is 1.75. The van der Waals surface area contributed by atoms with Crippen LogP contribution in [0.5, 0.6) is 0 Å². The van der Waals surface area contributed by atoms with E-state index < -0.39 is 98.6 Å². The van der Waals surface area contributed by atoms with E-state index in [1.807, 2.05) is 34.6 Å². The first-order valence-corrected chi connectivity index (χ1v) is 18.2. The number of aliphatic hydroxyl groups is 1. The Morgan fingerprint density at radius 3 is 2.48 bits per heavy atom. The molecule has 52 heavy (non-hydrogen) atoms. The minimum Gasteiger partial charge on any atom is -0.472 e. The number of cyclic esters (lactones) is 1. The van der Waals surface area contributed by atoms with Gasteiger partial charge in [-0.3, -0.25) is 9.59 Å². The van der Waals surface area contributed by atoms with Gasteiger partial charge in [0.1, 0.15) is 23.4 Å². The van der Waals surface area contributed by atoms with Gasteiger partial charge < -0.3 is 42.7 Å². The average Bonchev–Trinajstić information content (AvgIpc) is 3.89. The second kappa shape index (κ2) is 10.6. The van der Waals surface area contributed by atoms with Crippen LogP contribution in [0.2, 0.25) is 0 Å². The van der Waals surface area contributed by atoms with Crippen molar-refractivity contribution in [3.63, 3.8) is 0 Å². The Labute approximate surface area is 302 Å². The molecule has 4 bridgehead atoms. The zero-order valence-corrected chi connectivity index (χ0v) is 31.2. The van der Waals surface area contributed by atoms with Crippen molar-refractivity contribution in [2.24, 2.45) is 28.1 Å². The first kappa shape index (κ1) is 35.5. The zero-order chi connectivity index (χ0) is 37.7. The minimum atomic E-state index is -2.10. The van der Waals surface area contributed by atoms with Gasteiger partial charge in [0.05, 0.1) is 19.6 Å². The number of rotatable bonds is 8. The summed E-state index contributed by atoms with van der Waals surface area (Å²) in [5, 5.41) is 13.8. The molecule has 4 saturated carbocycles. The summed E-state index contributed by atoms with van der Waals surface area (Å²) in [7, 11) is 1.30. The lowest BCUT2D eigenvalue weighted by Crippen LogP contribution is -2.92. The highest BCUT2D eigenvalue weighted by Gasteiger charge is 3.03. The Kier molecular flexibility index (Phi) is 7.22. The molecular formula is C39H48O13. The molecule has 0 amide bonds. The molecule has 0 unspecified atom stereocenters. The number of allylic oxidation sites excluding steroid dienone is 1. The molecule has 282 valence electrons. The fourth-order valence-electron chi connectivity index (χ4n) is 12.3. The van der Waals surface area contributed by atoms with Crippen molar-refractivity contribution in [2.45, 2.75) is 134 Å². The summed E-state index contributed by atoms with van der Waals surface area (Å²) in [5.74, 6) is -5.54. The Bertz CT molecular complexity index is 1830. The number of furan rings is 1. The highest BCUT2D eigenvalue weighted by atomic mass is 17.0. The third-order valence-corrected chi connectivity index (χ3v) is 14.8. The Balaban J connectivity index is 1.49. The zero-order valence-electron chi connectivity index (χ0n) is 31.2. The number of carbonyl (C=O) groups is 4. The quantitative estimate of drug-likeness (QED) is 0.222. The summed E-state index contributed by atoms with van der Waals surface area (Å²) in [6.45, 7) is 14.1. The molecule has 7 aliphatic rings. The van der Waals surface area contributed by atoms with Crippen LogP contribution in [0.4, 0.5) is 0 Å². The number of fused-ring (bicyclic) bond motifs is 4. The molecule has 13 heteroatoms. The molecule has 13 nitrogen and oxygen atoms in total. The van der Waals surface area contributed by atoms with Crippen molar-refractivity contribution in [3.05, 3.63) is 47.5 Å². The van der Waals surface area contributed by atoms with E-state index in [1.165, 1.54) is 32.6 Å². The SMILES string of the molecule is CC=C(C)C(=O)O[C@H]1[C@]2(C)C[C@]3(O)[C@@]1(OC(C)=O)[C@H]1O[C@@]4([C@H](C)CC)O[C@@]5(CC[C@]6(C)C(=CC(=O)O[C@H]6c6ccoc6)[C@@]15O4)[C@]3(C)[C@H]2CC(=O)OC. The van der Waals surface area contributed by atoms with Gasteiger partial charge in [-0.05, 0) is 57.1 Å². The first-order chi connectivity index (χ1) is 24.4. The summed E-state index contributed by atoms with van der Waals surface area (Å²) in [4.78, 5) is 54.8. The van der Waals surface area contributed by atoms with Crippen LogP contribution < -0.4 is 0 Å². The molecule has 4 aliphatic carbocycles. The lowest BCUT2D eigenvalue weighted by molar-refractivity contribution is -0.454. The second-order valence-corrected chi connectivity index (χ2v) is 16.7. The van der Waals surface area contributed by atoms with Crippen LogP contribution in [0.3, 0.4) is 0 Å². The molecule has 0 radical (unpaired) electrons. The van der Waals surface area contributed by atoms with Crippen molar-refractivity contribution in [3.8, 4) is 0 Å².